The second-order valence-electron chi connectivity index (χ2n) is 10.1. The Balaban J connectivity index is 1.26. The Morgan fingerprint density at radius 3 is 2.55 bits per heavy atom. The fraction of sp³-hybridized carbons (Fsp3) is 0.625. The van der Waals surface area contributed by atoms with Crippen LogP contribution in [0.1, 0.15) is 32.6 Å². The number of piperidine rings is 1. The molecule has 3 N–H and O–H groups in total. The molecule has 2 heterocycles. The van der Waals surface area contributed by atoms with E-state index in [0.717, 1.165) is 31.4 Å². The maximum absolute atomic E-state index is 12.9. The number of anilines is 1. The third-order valence-electron chi connectivity index (χ3n) is 7.48. The molecule has 2 saturated heterocycles. The van der Waals surface area contributed by atoms with Crippen LogP contribution in [0.4, 0.5) is 23.7 Å². The molecule has 1 aliphatic carbocycles. The van der Waals surface area contributed by atoms with Crippen molar-refractivity contribution >= 4 is 35.1 Å². The van der Waals surface area contributed by atoms with Crippen molar-refractivity contribution in [2.75, 3.05) is 38.0 Å². The number of urea groups is 1. The van der Waals surface area contributed by atoms with Crippen LogP contribution < -0.4 is 10.1 Å². The van der Waals surface area contributed by atoms with Gasteiger partial charge in [0.2, 0.25) is 11.8 Å². The molecule has 2 aliphatic heterocycles. The molecule has 0 aromatic heterocycles. The second-order valence-corrected chi connectivity index (χ2v) is 10.5. The van der Waals surface area contributed by atoms with Gasteiger partial charge in [-0.05, 0) is 49.8 Å². The Labute approximate surface area is 222 Å². The molecule has 0 radical (unpaired) electrons. The zero-order chi connectivity index (χ0) is 27.8. The van der Waals surface area contributed by atoms with Crippen LogP contribution in [-0.2, 0) is 9.59 Å². The van der Waals surface area contributed by atoms with Crippen LogP contribution in [0.3, 0.4) is 0 Å². The number of nitrogens with one attached hydrogen (secondary N) is 1. The number of piperazine rings is 1. The number of rotatable bonds is 6. The number of hydrogen-bond acceptors (Lipinski definition) is 6. The molecule has 10 nitrogen and oxygen atoms in total. The predicted octanol–water partition coefficient (Wildman–Crippen LogP) is 2.43. The van der Waals surface area contributed by atoms with Crippen molar-refractivity contribution < 1.29 is 42.5 Å². The van der Waals surface area contributed by atoms with E-state index < -0.39 is 42.3 Å². The smallest absolute Gasteiger partial charge is 0.404 e. The van der Waals surface area contributed by atoms with Gasteiger partial charge in [0.15, 0.2) is 0 Å². The highest BCUT2D eigenvalue weighted by atomic mass is 35.5. The first-order chi connectivity index (χ1) is 17.8. The van der Waals surface area contributed by atoms with Crippen molar-refractivity contribution in [1.29, 1.82) is 0 Å². The number of nitrogens with zero attached hydrogens (tertiary/aromatic N) is 3. The molecule has 0 unspecified atom stereocenters. The number of alkyl halides is 3. The standard InChI is InChI=1S/C24H30ClF3N4O6/c1-14-21(36)31(12-16(33)11-20(35)30-7-6-23(4-5-23)19(34)13-30)8-9-32(14)22(37)29-15-2-3-18(17(25)10-15)38-24(26,27)28/h2-3,10,14,16,19,33-34H,4-9,11-13H2,1H3,(H,29,37)/t14-,16+,19+/m0/s1. The highest BCUT2D eigenvalue weighted by Crippen LogP contribution is 2.53. The molecule has 14 heteroatoms. The summed E-state index contributed by atoms with van der Waals surface area (Å²) in [7, 11) is 0. The Morgan fingerprint density at radius 1 is 1.24 bits per heavy atom. The van der Waals surface area contributed by atoms with Crippen molar-refractivity contribution in [1.82, 2.24) is 14.7 Å². The summed E-state index contributed by atoms with van der Waals surface area (Å²) < 4.78 is 41.0. The summed E-state index contributed by atoms with van der Waals surface area (Å²) in [4.78, 5) is 42.4. The number of likely N-dealkylation sites (tertiary alicyclic amines) is 1. The molecule has 1 aromatic rings. The summed E-state index contributed by atoms with van der Waals surface area (Å²) in [5, 5.41) is 22.9. The van der Waals surface area contributed by atoms with Gasteiger partial charge in [0, 0.05) is 38.4 Å². The summed E-state index contributed by atoms with van der Waals surface area (Å²) in [6.07, 6.45) is -4.07. The van der Waals surface area contributed by atoms with Crippen LogP contribution in [0.2, 0.25) is 5.02 Å². The average Bonchev–Trinajstić information content (AvgIpc) is 3.60. The quantitative estimate of drug-likeness (QED) is 0.489. The summed E-state index contributed by atoms with van der Waals surface area (Å²) in [5.41, 5.74) is 0.0715. The van der Waals surface area contributed by atoms with E-state index in [9.17, 15) is 37.8 Å². The highest BCUT2D eigenvalue weighted by molar-refractivity contribution is 6.32. The van der Waals surface area contributed by atoms with Crippen molar-refractivity contribution in [3.8, 4) is 5.75 Å². The minimum absolute atomic E-state index is 0.0405. The number of aliphatic hydroxyl groups excluding tert-OH is 2. The highest BCUT2D eigenvalue weighted by Gasteiger charge is 2.51. The first kappa shape index (κ1) is 28.2. The van der Waals surface area contributed by atoms with Crippen LogP contribution >= 0.6 is 11.6 Å². The number of aliphatic hydroxyl groups is 2. The van der Waals surface area contributed by atoms with Crippen LogP contribution in [-0.4, -0.2) is 100 Å². The van der Waals surface area contributed by atoms with E-state index in [1.807, 2.05) is 0 Å². The van der Waals surface area contributed by atoms with Gasteiger partial charge in [-0.3, -0.25) is 9.59 Å². The third-order valence-corrected chi connectivity index (χ3v) is 7.78. The van der Waals surface area contributed by atoms with E-state index in [1.54, 1.807) is 4.90 Å². The molecule has 38 heavy (non-hydrogen) atoms. The molecule has 4 rings (SSSR count). The lowest BCUT2D eigenvalue weighted by molar-refractivity contribution is -0.274. The van der Waals surface area contributed by atoms with Gasteiger partial charge in [-0.2, -0.15) is 0 Å². The number of β-amino-alcohol motifs (C(OH)–C–C–N with tert-alkyl or cyclic N) is 2. The SMILES string of the molecule is C[C@H]1C(=O)N(C[C@H](O)CC(=O)N2CCC3(CC3)[C@H](O)C2)CCN1C(=O)Nc1ccc(OC(F)(F)F)c(Cl)c1. The van der Waals surface area contributed by atoms with Crippen molar-refractivity contribution in [2.24, 2.45) is 5.41 Å². The lowest BCUT2D eigenvalue weighted by Crippen LogP contribution is -2.59. The second kappa shape index (κ2) is 10.8. The van der Waals surface area contributed by atoms with Gasteiger partial charge in [0.1, 0.15) is 11.8 Å². The summed E-state index contributed by atoms with van der Waals surface area (Å²) >= 11 is 5.82. The van der Waals surface area contributed by atoms with Gasteiger partial charge in [-0.1, -0.05) is 11.6 Å². The van der Waals surface area contributed by atoms with E-state index in [0.29, 0.717) is 6.54 Å². The van der Waals surface area contributed by atoms with Crippen LogP contribution in [0.25, 0.3) is 0 Å². The molecule has 4 amide bonds. The number of hydrogen-bond donors (Lipinski definition) is 3. The Bertz CT molecular complexity index is 1090. The predicted molar refractivity (Wildman–Crippen MR) is 129 cm³/mol. The largest absolute Gasteiger partial charge is 0.573 e. The number of halogens is 4. The maximum atomic E-state index is 12.9. The summed E-state index contributed by atoms with van der Waals surface area (Å²) in [5.74, 6) is -1.32. The lowest BCUT2D eigenvalue weighted by Gasteiger charge is -2.40. The van der Waals surface area contributed by atoms with E-state index in [1.165, 1.54) is 22.8 Å². The van der Waals surface area contributed by atoms with E-state index in [-0.39, 0.29) is 54.6 Å². The topological polar surface area (TPSA) is 123 Å². The molecule has 1 aromatic carbocycles. The number of carbonyl (C=O) groups is 3. The van der Waals surface area contributed by atoms with Crippen molar-refractivity contribution in [3.63, 3.8) is 0 Å². The molecule has 1 spiro atoms. The molecule has 210 valence electrons. The molecule has 1 saturated carbocycles. The number of amides is 4. The Hall–Kier alpha value is -2.77. The first-order valence-electron chi connectivity index (χ1n) is 12.3. The lowest BCUT2D eigenvalue weighted by atomic mass is 9.90. The molecular weight excluding hydrogens is 533 g/mol. The molecule has 0 bridgehead atoms. The molecular formula is C24H30ClF3N4O6. The first-order valence-corrected chi connectivity index (χ1v) is 12.7. The van der Waals surface area contributed by atoms with E-state index in [2.05, 4.69) is 10.1 Å². The van der Waals surface area contributed by atoms with Gasteiger partial charge < -0.3 is 35.0 Å². The van der Waals surface area contributed by atoms with Crippen molar-refractivity contribution in [2.45, 2.75) is 57.2 Å². The van der Waals surface area contributed by atoms with Gasteiger partial charge in [-0.25, -0.2) is 4.79 Å². The molecule has 3 aliphatic rings. The number of ether oxygens (including phenoxy) is 1. The van der Waals surface area contributed by atoms with Crippen LogP contribution in [0.15, 0.2) is 18.2 Å². The zero-order valence-electron chi connectivity index (χ0n) is 20.7. The fourth-order valence-electron chi connectivity index (χ4n) is 5.01. The van der Waals surface area contributed by atoms with E-state index >= 15 is 0 Å². The number of benzene rings is 1. The Morgan fingerprint density at radius 2 is 1.95 bits per heavy atom. The summed E-state index contributed by atoms with van der Waals surface area (Å²) in [6.45, 7) is 2.46. The minimum Gasteiger partial charge on any atom is -0.404 e. The minimum atomic E-state index is -4.92. The fourth-order valence-corrected chi connectivity index (χ4v) is 5.23. The Kier molecular flexibility index (Phi) is 8.01. The van der Waals surface area contributed by atoms with Crippen LogP contribution in [0, 0.1) is 5.41 Å². The average molecular weight is 563 g/mol. The zero-order valence-corrected chi connectivity index (χ0v) is 21.5. The molecule has 3 atom stereocenters. The number of carbonyl (C=O) groups excluding carboxylic acids is 3. The third kappa shape index (κ3) is 6.44. The van der Waals surface area contributed by atoms with Crippen molar-refractivity contribution in [3.05, 3.63) is 23.2 Å². The van der Waals surface area contributed by atoms with Crippen LogP contribution in [0.5, 0.6) is 5.75 Å². The normalized spacial score (nSPS) is 23.9. The van der Waals surface area contributed by atoms with Gasteiger partial charge in [-0.15, -0.1) is 13.2 Å². The molecule has 3 fully saturated rings. The maximum Gasteiger partial charge on any atom is 0.573 e. The van der Waals surface area contributed by atoms with Gasteiger partial charge in [0.25, 0.3) is 0 Å². The van der Waals surface area contributed by atoms with Gasteiger partial charge >= 0.3 is 12.4 Å². The summed E-state index contributed by atoms with van der Waals surface area (Å²) in [6, 6.07) is 1.71. The van der Waals surface area contributed by atoms with Gasteiger partial charge in [0.05, 0.1) is 23.7 Å². The van der Waals surface area contributed by atoms with E-state index in [4.69, 9.17) is 11.6 Å². The monoisotopic (exact) mass is 562 g/mol.